The van der Waals surface area contributed by atoms with Crippen LogP contribution >= 0.6 is 23.2 Å². The Morgan fingerprint density at radius 2 is 1.90 bits per heavy atom. The highest BCUT2D eigenvalue weighted by atomic mass is 35.5. The van der Waals surface area contributed by atoms with Crippen LogP contribution in [0.15, 0.2) is 12.1 Å². The van der Waals surface area contributed by atoms with E-state index in [0.29, 0.717) is 21.7 Å². The maximum atomic E-state index is 6.32. The zero-order valence-corrected chi connectivity index (χ0v) is 13.4. The van der Waals surface area contributed by atoms with Crippen molar-refractivity contribution in [3.05, 3.63) is 27.7 Å². The Labute approximate surface area is 131 Å². The predicted octanol–water partition coefficient (Wildman–Crippen LogP) is 4.62. The van der Waals surface area contributed by atoms with Gasteiger partial charge in [-0.3, -0.25) is 4.90 Å². The molecular formula is C16H21Cl2NO. The van der Waals surface area contributed by atoms with Crippen LogP contribution in [0.1, 0.15) is 31.7 Å². The van der Waals surface area contributed by atoms with Crippen LogP contribution in [0, 0.1) is 11.8 Å². The van der Waals surface area contributed by atoms with E-state index in [1.165, 1.54) is 24.8 Å². The average Bonchev–Trinajstić information content (AvgIpc) is 3.11. The molecule has 1 aliphatic heterocycles. The van der Waals surface area contributed by atoms with E-state index < -0.39 is 0 Å². The minimum atomic E-state index is 0.639. The van der Waals surface area contributed by atoms with E-state index in [1.807, 2.05) is 12.1 Å². The summed E-state index contributed by atoms with van der Waals surface area (Å²) in [7, 11) is 0. The number of hydrogen-bond acceptors (Lipinski definition) is 2. The van der Waals surface area contributed by atoms with E-state index in [1.54, 1.807) is 0 Å². The summed E-state index contributed by atoms with van der Waals surface area (Å²) in [6, 6.07) is 4.00. The van der Waals surface area contributed by atoms with Gasteiger partial charge in [0.1, 0.15) is 0 Å². The van der Waals surface area contributed by atoms with Gasteiger partial charge in [-0.2, -0.15) is 0 Å². The standard InChI is InChI=1S/C16H21Cl2NO/c1-11-4-5-19(8-11)9-13-6-14(17)16(15(18)7-13)20-10-12-2-3-12/h6-7,11-12H,2-5,8-10H2,1H3/t11-/m0/s1. The molecule has 0 aromatic heterocycles. The molecule has 4 heteroatoms. The van der Waals surface area contributed by atoms with Crippen LogP contribution in [0.5, 0.6) is 5.75 Å². The first-order chi connectivity index (χ1) is 9.61. The van der Waals surface area contributed by atoms with Crippen LogP contribution in [0.3, 0.4) is 0 Å². The molecule has 2 aliphatic rings. The molecule has 1 heterocycles. The van der Waals surface area contributed by atoms with Crippen LogP contribution in [-0.4, -0.2) is 24.6 Å². The van der Waals surface area contributed by atoms with Crippen molar-refractivity contribution in [2.75, 3.05) is 19.7 Å². The lowest BCUT2D eigenvalue weighted by Crippen LogP contribution is -2.19. The summed E-state index contributed by atoms with van der Waals surface area (Å²) < 4.78 is 5.76. The first kappa shape index (κ1) is 14.5. The highest BCUT2D eigenvalue weighted by Crippen LogP contribution is 2.37. The van der Waals surface area contributed by atoms with Crippen molar-refractivity contribution >= 4 is 23.2 Å². The topological polar surface area (TPSA) is 12.5 Å². The van der Waals surface area contributed by atoms with Gasteiger partial charge in [0.05, 0.1) is 16.7 Å². The van der Waals surface area contributed by atoms with E-state index in [9.17, 15) is 0 Å². The van der Waals surface area contributed by atoms with Gasteiger partial charge in [0.25, 0.3) is 0 Å². The molecule has 1 saturated heterocycles. The lowest BCUT2D eigenvalue weighted by atomic mass is 10.2. The molecule has 0 amide bonds. The quantitative estimate of drug-likeness (QED) is 0.786. The summed E-state index contributed by atoms with van der Waals surface area (Å²) >= 11 is 12.6. The summed E-state index contributed by atoms with van der Waals surface area (Å²) in [5, 5.41) is 1.28. The van der Waals surface area contributed by atoms with Crippen molar-refractivity contribution in [3.8, 4) is 5.75 Å². The molecule has 3 rings (SSSR count). The molecule has 2 nitrogen and oxygen atoms in total. The summed E-state index contributed by atoms with van der Waals surface area (Å²) in [6.45, 7) is 6.29. The van der Waals surface area contributed by atoms with Gasteiger partial charge >= 0.3 is 0 Å². The molecule has 1 aliphatic carbocycles. The molecule has 0 radical (unpaired) electrons. The summed E-state index contributed by atoms with van der Waals surface area (Å²) in [6.07, 6.45) is 3.81. The molecule has 1 saturated carbocycles. The van der Waals surface area contributed by atoms with Gasteiger partial charge < -0.3 is 4.74 Å². The van der Waals surface area contributed by atoms with Gasteiger partial charge in [-0.1, -0.05) is 30.1 Å². The lowest BCUT2D eigenvalue weighted by Gasteiger charge is -2.17. The third-order valence-electron chi connectivity index (χ3n) is 4.13. The average molecular weight is 314 g/mol. The van der Waals surface area contributed by atoms with Gasteiger partial charge in [-0.25, -0.2) is 0 Å². The van der Waals surface area contributed by atoms with Crippen molar-refractivity contribution in [2.45, 2.75) is 32.7 Å². The van der Waals surface area contributed by atoms with E-state index in [-0.39, 0.29) is 0 Å². The molecule has 0 bridgehead atoms. The third kappa shape index (κ3) is 3.60. The molecule has 0 unspecified atom stereocenters. The molecule has 2 fully saturated rings. The minimum absolute atomic E-state index is 0.639. The third-order valence-corrected chi connectivity index (χ3v) is 4.69. The van der Waals surface area contributed by atoms with Crippen molar-refractivity contribution in [3.63, 3.8) is 0 Å². The second-order valence-corrected chi connectivity index (χ2v) is 7.09. The van der Waals surface area contributed by atoms with Crippen molar-refractivity contribution < 1.29 is 4.74 Å². The summed E-state index contributed by atoms with van der Waals surface area (Å²) in [5.74, 6) is 2.15. The maximum absolute atomic E-state index is 6.32. The Kier molecular flexibility index (Phi) is 4.44. The molecule has 0 spiro atoms. The molecule has 1 atom stereocenters. The minimum Gasteiger partial charge on any atom is -0.490 e. The highest BCUT2D eigenvalue weighted by Gasteiger charge is 2.23. The first-order valence-corrected chi connectivity index (χ1v) is 8.20. The number of likely N-dealkylation sites (tertiary alicyclic amines) is 1. The Bertz CT molecular complexity index is 464. The number of hydrogen-bond donors (Lipinski definition) is 0. The van der Waals surface area contributed by atoms with E-state index >= 15 is 0 Å². The molecule has 1 aromatic rings. The fraction of sp³-hybridized carbons (Fsp3) is 0.625. The largest absolute Gasteiger partial charge is 0.490 e. The van der Waals surface area contributed by atoms with E-state index in [2.05, 4.69) is 11.8 Å². The first-order valence-electron chi connectivity index (χ1n) is 7.45. The molecule has 1 aromatic carbocycles. The van der Waals surface area contributed by atoms with Crippen LogP contribution in [-0.2, 0) is 6.54 Å². The summed E-state index contributed by atoms with van der Waals surface area (Å²) in [5.41, 5.74) is 1.17. The molecule has 0 N–H and O–H groups in total. The zero-order valence-electron chi connectivity index (χ0n) is 11.9. The Balaban J connectivity index is 1.66. The van der Waals surface area contributed by atoms with Gasteiger partial charge in [0, 0.05) is 13.1 Å². The van der Waals surface area contributed by atoms with Crippen molar-refractivity contribution in [1.82, 2.24) is 4.90 Å². The fourth-order valence-electron chi connectivity index (χ4n) is 2.76. The monoisotopic (exact) mass is 313 g/mol. The van der Waals surface area contributed by atoms with Crippen molar-refractivity contribution in [1.29, 1.82) is 0 Å². The molecule has 110 valence electrons. The number of ether oxygens (including phenoxy) is 1. The van der Waals surface area contributed by atoms with Crippen LogP contribution in [0.25, 0.3) is 0 Å². The van der Waals surface area contributed by atoms with Gasteiger partial charge in [0.15, 0.2) is 5.75 Å². The van der Waals surface area contributed by atoms with Crippen molar-refractivity contribution in [2.24, 2.45) is 11.8 Å². The fourth-order valence-corrected chi connectivity index (χ4v) is 3.40. The van der Waals surface area contributed by atoms with Gasteiger partial charge in [-0.15, -0.1) is 0 Å². The van der Waals surface area contributed by atoms with Gasteiger partial charge in [0.2, 0.25) is 0 Å². The predicted molar refractivity (Wildman–Crippen MR) is 83.7 cm³/mol. The Morgan fingerprint density at radius 3 is 2.45 bits per heavy atom. The number of rotatable bonds is 5. The SMILES string of the molecule is C[C@H]1CCN(Cc2cc(Cl)c(OCC3CC3)c(Cl)c2)C1. The number of benzene rings is 1. The normalized spacial score (nSPS) is 23.2. The zero-order chi connectivity index (χ0) is 14.1. The maximum Gasteiger partial charge on any atom is 0.156 e. The highest BCUT2D eigenvalue weighted by molar-refractivity contribution is 6.37. The van der Waals surface area contributed by atoms with Gasteiger partial charge in [-0.05, 0) is 55.3 Å². The van der Waals surface area contributed by atoms with Crippen LogP contribution in [0.4, 0.5) is 0 Å². The molecular weight excluding hydrogens is 293 g/mol. The Hall–Kier alpha value is -0.440. The van der Waals surface area contributed by atoms with Crippen LogP contribution < -0.4 is 4.74 Å². The second-order valence-electron chi connectivity index (χ2n) is 6.27. The van der Waals surface area contributed by atoms with E-state index in [0.717, 1.165) is 32.2 Å². The lowest BCUT2D eigenvalue weighted by molar-refractivity contribution is 0.299. The number of nitrogens with zero attached hydrogens (tertiary/aromatic N) is 1. The Morgan fingerprint density at radius 1 is 1.20 bits per heavy atom. The smallest absolute Gasteiger partial charge is 0.156 e. The van der Waals surface area contributed by atoms with Crippen LogP contribution in [0.2, 0.25) is 10.0 Å². The number of halogens is 2. The second kappa shape index (κ2) is 6.13. The summed E-state index contributed by atoms with van der Waals surface area (Å²) in [4.78, 5) is 2.46. The van der Waals surface area contributed by atoms with E-state index in [4.69, 9.17) is 27.9 Å². The molecule has 20 heavy (non-hydrogen) atoms.